The highest BCUT2D eigenvalue weighted by Crippen LogP contribution is 2.38. The summed E-state index contributed by atoms with van der Waals surface area (Å²) in [5, 5.41) is 3.46. The third-order valence-electron chi connectivity index (χ3n) is 3.41. The average molecular weight is 215 g/mol. The van der Waals surface area contributed by atoms with Crippen LogP contribution in [0.1, 0.15) is 74.1 Å². The number of hydrogen-bond acceptors (Lipinski definition) is 1. The van der Waals surface area contributed by atoms with Gasteiger partial charge in [0.1, 0.15) is 0 Å². The molecule has 0 aromatic carbocycles. The van der Waals surface area contributed by atoms with E-state index in [1.807, 2.05) is 27.7 Å². The number of nitrogens with one attached hydrogen (secondary N) is 1. The Morgan fingerprint density at radius 2 is 1.67 bits per heavy atom. The van der Waals surface area contributed by atoms with Gasteiger partial charge in [0, 0.05) is 12.6 Å². The van der Waals surface area contributed by atoms with Crippen molar-refractivity contribution in [2.75, 3.05) is 6.54 Å². The van der Waals surface area contributed by atoms with E-state index in [1.165, 1.54) is 32.2 Å². The molecule has 0 bridgehead atoms. The first-order chi connectivity index (χ1) is 7.25. The van der Waals surface area contributed by atoms with Gasteiger partial charge in [0.25, 0.3) is 0 Å². The molecular formula is C14H33N. The first-order valence-corrected chi connectivity index (χ1v) is 6.98. The molecule has 2 unspecified atom stereocenters. The third-order valence-corrected chi connectivity index (χ3v) is 3.41. The van der Waals surface area contributed by atoms with E-state index in [0.717, 1.165) is 6.04 Å². The van der Waals surface area contributed by atoms with Gasteiger partial charge in [0.05, 0.1) is 0 Å². The fraction of sp³-hybridized carbons (Fsp3) is 1.00. The van der Waals surface area contributed by atoms with Crippen molar-refractivity contribution >= 4 is 0 Å². The quantitative estimate of drug-likeness (QED) is 0.721. The minimum Gasteiger partial charge on any atom is -0.313 e. The van der Waals surface area contributed by atoms with Crippen molar-refractivity contribution < 1.29 is 0 Å². The molecule has 0 amide bonds. The predicted molar refractivity (Wildman–Crippen MR) is 72.4 cm³/mol. The fourth-order valence-electron chi connectivity index (χ4n) is 2.04. The highest BCUT2D eigenvalue weighted by atomic mass is 15.0. The molecule has 1 fully saturated rings. The third kappa shape index (κ3) is 5.01. The van der Waals surface area contributed by atoms with E-state index in [4.69, 9.17) is 0 Å². The van der Waals surface area contributed by atoms with Crippen LogP contribution < -0.4 is 5.32 Å². The van der Waals surface area contributed by atoms with Gasteiger partial charge in [0.15, 0.2) is 0 Å². The molecule has 0 aromatic rings. The Morgan fingerprint density at radius 1 is 1.13 bits per heavy atom. The molecule has 0 aliphatic carbocycles. The smallest absolute Gasteiger partial charge is 0.0107 e. The van der Waals surface area contributed by atoms with Gasteiger partial charge in [-0.25, -0.2) is 0 Å². The maximum atomic E-state index is 3.46. The molecule has 0 radical (unpaired) electrons. The van der Waals surface area contributed by atoms with Crippen molar-refractivity contribution in [2.24, 2.45) is 5.41 Å². The predicted octanol–water partition coefficient (Wildman–Crippen LogP) is 4.62. The van der Waals surface area contributed by atoms with Crippen molar-refractivity contribution in [3.63, 3.8) is 0 Å². The molecule has 1 nitrogen and oxygen atoms in total. The molecule has 2 atom stereocenters. The van der Waals surface area contributed by atoms with Crippen molar-refractivity contribution in [3.05, 3.63) is 0 Å². The van der Waals surface area contributed by atoms with Gasteiger partial charge in [-0.05, 0) is 25.2 Å². The van der Waals surface area contributed by atoms with E-state index >= 15 is 0 Å². The molecule has 1 N–H and O–H groups in total. The lowest BCUT2D eigenvalue weighted by atomic mass is 9.69. The second kappa shape index (κ2) is 10.5. The zero-order valence-electron chi connectivity index (χ0n) is 12.1. The SMILES string of the molecule is CC.CC.CCCCC1(CC)CNC1C. The molecular weight excluding hydrogens is 182 g/mol. The summed E-state index contributed by atoms with van der Waals surface area (Å²) in [5.74, 6) is 0. The summed E-state index contributed by atoms with van der Waals surface area (Å²) in [7, 11) is 0. The molecule has 1 saturated heterocycles. The normalized spacial score (nSPS) is 27.8. The molecule has 15 heavy (non-hydrogen) atoms. The second-order valence-electron chi connectivity index (χ2n) is 3.92. The Labute approximate surface area is 98.0 Å². The van der Waals surface area contributed by atoms with Crippen molar-refractivity contribution in [1.82, 2.24) is 5.32 Å². The molecule has 1 heterocycles. The first kappa shape index (κ1) is 17.4. The zero-order valence-corrected chi connectivity index (χ0v) is 12.1. The molecule has 1 rings (SSSR count). The van der Waals surface area contributed by atoms with Crippen LogP contribution in [0, 0.1) is 5.41 Å². The van der Waals surface area contributed by atoms with E-state index in [-0.39, 0.29) is 0 Å². The molecule has 94 valence electrons. The van der Waals surface area contributed by atoms with Crippen molar-refractivity contribution in [3.8, 4) is 0 Å². The molecule has 1 heteroatoms. The monoisotopic (exact) mass is 215 g/mol. The summed E-state index contributed by atoms with van der Waals surface area (Å²) >= 11 is 0. The Kier molecular flexibility index (Phi) is 12.1. The molecule has 0 saturated carbocycles. The molecule has 1 aliphatic heterocycles. The highest BCUT2D eigenvalue weighted by Gasteiger charge is 2.40. The molecule has 0 aromatic heterocycles. The average Bonchev–Trinajstić information content (AvgIpc) is 2.33. The summed E-state index contributed by atoms with van der Waals surface area (Å²) in [4.78, 5) is 0. The van der Waals surface area contributed by atoms with E-state index in [9.17, 15) is 0 Å². The van der Waals surface area contributed by atoms with Crippen molar-refractivity contribution in [1.29, 1.82) is 0 Å². The standard InChI is InChI=1S/C10H21N.2C2H6/c1-4-6-7-10(5-2)8-11-9(10)3;2*1-2/h9,11H,4-8H2,1-3H3;2*1-2H3. The summed E-state index contributed by atoms with van der Waals surface area (Å²) < 4.78 is 0. The number of hydrogen-bond donors (Lipinski definition) is 1. The van der Waals surface area contributed by atoms with Crippen molar-refractivity contribution in [2.45, 2.75) is 80.2 Å². The summed E-state index contributed by atoms with van der Waals surface area (Å²) in [6.45, 7) is 16.2. The summed E-state index contributed by atoms with van der Waals surface area (Å²) in [5.41, 5.74) is 0.663. The van der Waals surface area contributed by atoms with Gasteiger partial charge in [-0.15, -0.1) is 0 Å². The van der Waals surface area contributed by atoms with Crippen LogP contribution in [0.25, 0.3) is 0 Å². The van der Waals surface area contributed by atoms with Gasteiger partial charge < -0.3 is 5.32 Å². The zero-order chi connectivity index (χ0) is 12.3. The lowest BCUT2D eigenvalue weighted by Crippen LogP contribution is -2.60. The van der Waals surface area contributed by atoms with Gasteiger partial charge in [-0.1, -0.05) is 54.4 Å². The maximum absolute atomic E-state index is 3.46. The largest absolute Gasteiger partial charge is 0.313 e. The fourth-order valence-corrected chi connectivity index (χ4v) is 2.04. The second-order valence-corrected chi connectivity index (χ2v) is 3.92. The number of rotatable bonds is 4. The van der Waals surface area contributed by atoms with E-state index in [1.54, 1.807) is 0 Å². The molecule has 0 spiro atoms. The summed E-state index contributed by atoms with van der Waals surface area (Å²) in [6.07, 6.45) is 5.52. The van der Waals surface area contributed by atoms with Gasteiger partial charge in [-0.3, -0.25) is 0 Å². The van der Waals surface area contributed by atoms with Crippen LogP contribution in [0.2, 0.25) is 0 Å². The molecule has 1 aliphatic rings. The van der Waals surface area contributed by atoms with Gasteiger partial charge >= 0.3 is 0 Å². The van der Waals surface area contributed by atoms with E-state index in [0.29, 0.717) is 5.41 Å². The minimum atomic E-state index is 0.663. The minimum absolute atomic E-state index is 0.663. The Morgan fingerprint density at radius 3 is 1.87 bits per heavy atom. The lowest BCUT2D eigenvalue weighted by molar-refractivity contribution is 0.0748. The Hall–Kier alpha value is -0.0400. The van der Waals surface area contributed by atoms with Gasteiger partial charge in [0.2, 0.25) is 0 Å². The van der Waals surface area contributed by atoms with Crippen LogP contribution in [0.5, 0.6) is 0 Å². The lowest BCUT2D eigenvalue weighted by Gasteiger charge is -2.49. The van der Waals surface area contributed by atoms with Gasteiger partial charge in [-0.2, -0.15) is 0 Å². The Bertz CT molecular complexity index is 119. The van der Waals surface area contributed by atoms with Crippen LogP contribution in [-0.4, -0.2) is 12.6 Å². The van der Waals surface area contributed by atoms with Crippen LogP contribution in [0.3, 0.4) is 0 Å². The van der Waals surface area contributed by atoms with E-state index in [2.05, 4.69) is 26.1 Å². The Balaban J connectivity index is 0. The van der Waals surface area contributed by atoms with Crippen LogP contribution >= 0.6 is 0 Å². The maximum Gasteiger partial charge on any atom is 0.0107 e. The van der Waals surface area contributed by atoms with E-state index < -0.39 is 0 Å². The topological polar surface area (TPSA) is 12.0 Å². The van der Waals surface area contributed by atoms with Crippen LogP contribution in [0.15, 0.2) is 0 Å². The number of unbranched alkanes of at least 4 members (excludes halogenated alkanes) is 1. The van der Waals surface area contributed by atoms with Crippen LogP contribution in [-0.2, 0) is 0 Å². The highest BCUT2D eigenvalue weighted by molar-refractivity contribution is 4.98. The van der Waals surface area contributed by atoms with Crippen LogP contribution in [0.4, 0.5) is 0 Å². The first-order valence-electron chi connectivity index (χ1n) is 6.98. The summed E-state index contributed by atoms with van der Waals surface area (Å²) in [6, 6.07) is 0.763.